The number of rotatable bonds is 7. The molecule has 0 aliphatic carbocycles. The minimum atomic E-state index is -0.592. The van der Waals surface area contributed by atoms with Crippen molar-refractivity contribution in [2.45, 2.75) is 6.42 Å². The maximum atomic E-state index is 11.9. The number of nitrogens with one attached hydrogen (secondary N) is 2. The highest BCUT2D eigenvalue weighted by atomic mass is 35.5. The van der Waals surface area contributed by atoms with Gasteiger partial charge in [0.1, 0.15) is 5.02 Å². The van der Waals surface area contributed by atoms with Crippen molar-refractivity contribution in [3.05, 3.63) is 63.7 Å². The van der Waals surface area contributed by atoms with E-state index in [4.69, 9.17) is 11.6 Å². The normalized spacial score (nSPS) is 10.2. The average molecular weight is 363 g/mol. The van der Waals surface area contributed by atoms with E-state index in [0.29, 0.717) is 12.2 Å². The van der Waals surface area contributed by atoms with Crippen molar-refractivity contribution in [2.24, 2.45) is 0 Å². The third kappa shape index (κ3) is 5.65. The van der Waals surface area contributed by atoms with Gasteiger partial charge < -0.3 is 15.5 Å². The van der Waals surface area contributed by atoms with Crippen LogP contribution in [0.4, 0.5) is 21.9 Å². The van der Waals surface area contributed by atoms with Gasteiger partial charge in [0, 0.05) is 37.6 Å². The largest absolute Gasteiger partial charge is 0.375 e. The van der Waals surface area contributed by atoms with Gasteiger partial charge in [-0.2, -0.15) is 0 Å². The molecule has 0 unspecified atom stereocenters. The van der Waals surface area contributed by atoms with Gasteiger partial charge in [-0.25, -0.2) is 4.79 Å². The minimum absolute atomic E-state index is 0.0277. The zero-order valence-electron chi connectivity index (χ0n) is 13.7. The molecule has 0 fully saturated rings. The number of amides is 2. The highest BCUT2D eigenvalue weighted by molar-refractivity contribution is 6.32. The van der Waals surface area contributed by atoms with Crippen LogP contribution in [0.5, 0.6) is 0 Å². The zero-order chi connectivity index (χ0) is 18.2. The molecule has 2 aromatic rings. The molecular formula is C17H19ClN4O3. The summed E-state index contributed by atoms with van der Waals surface area (Å²) in [6, 6.07) is 13.7. The smallest absolute Gasteiger partial charge is 0.319 e. The fourth-order valence-corrected chi connectivity index (χ4v) is 2.42. The van der Waals surface area contributed by atoms with E-state index < -0.39 is 11.0 Å². The van der Waals surface area contributed by atoms with Crippen LogP contribution in [-0.2, 0) is 0 Å². The minimum Gasteiger partial charge on any atom is -0.375 e. The standard InChI is InChI=1S/C17H19ClN4O3/c1-21(14-6-3-2-4-7-14)11-5-10-19-17(23)20-13-8-9-15(18)16(12-13)22(24)25/h2-4,6-9,12H,5,10-11H2,1H3,(H2,19,20,23). The Morgan fingerprint density at radius 2 is 1.96 bits per heavy atom. The average Bonchev–Trinajstić information content (AvgIpc) is 2.60. The number of nitro benzene ring substituents is 1. The van der Waals surface area contributed by atoms with Crippen LogP contribution in [0.2, 0.25) is 5.02 Å². The van der Waals surface area contributed by atoms with E-state index in [1.807, 2.05) is 37.4 Å². The number of anilines is 2. The second-order valence-corrected chi connectivity index (χ2v) is 5.82. The molecule has 2 rings (SSSR count). The molecule has 0 aromatic heterocycles. The summed E-state index contributed by atoms with van der Waals surface area (Å²) in [6.45, 7) is 1.27. The lowest BCUT2D eigenvalue weighted by molar-refractivity contribution is -0.384. The molecule has 0 bridgehead atoms. The van der Waals surface area contributed by atoms with Gasteiger partial charge in [-0.05, 0) is 30.7 Å². The summed E-state index contributed by atoms with van der Waals surface area (Å²) in [4.78, 5) is 24.2. The summed E-state index contributed by atoms with van der Waals surface area (Å²) in [6.07, 6.45) is 0.763. The molecule has 0 heterocycles. The van der Waals surface area contributed by atoms with Gasteiger partial charge in [-0.15, -0.1) is 0 Å². The number of hydrogen-bond acceptors (Lipinski definition) is 4. The fraction of sp³-hybridized carbons (Fsp3) is 0.235. The molecule has 0 saturated carbocycles. The van der Waals surface area contributed by atoms with Crippen molar-refractivity contribution >= 4 is 34.7 Å². The zero-order valence-corrected chi connectivity index (χ0v) is 14.5. The van der Waals surface area contributed by atoms with Crippen LogP contribution in [-0.4, -0.2) is 31.1 Å². The van der Waals surface area contributed by atoms with Crippen LogP contribution in [0.1, 0.15) is 6.42 Å². The van der Waals surface area contributed by atoms with Crippen LogP contribution >= 0.6 is 11.6 Å². The summed E-state index contributed by atoms with van der Waals surface area (Å²) in [7, 11) is 1.99. The highest BCUT2D eigenvalue weighted by Crippen LogP contribution is 2.27. The number of urea groups is 1. The second-order valence-electron chi connectivity index (χ2n) is 5.41. The van der Waals surface area contributed by atoms with Crippen LogP contribution in [0.25, 0.3) is 0 Å². The van der Waals surface area contributed by atoms with E-state index in [9.17, 15) is 14.9 Å². The van der Waals surface area contributed by atoms with Crippen molar-refractivity contribution in [1.29, 1.82) is 0 Å². The summed E-state index contributed by atoms with van der Waals surface area (Å²) in [5.74, 6) is 0. The van der Waals surface area contributed by atoms with Gasteiger partial charge in [0.2, 0.25) is 0 Å². The predicted octanol–water partition coefficient (Wildman–Crippen LogP) is 3.90. The number of carbonyl (C=O) groups excluding carboxylic acids is 1. The summed E-state index contributed by atoms with van der Waals surface area (Å²) >= 11 is 5.74. The van der Waals surface area contributed by atoms with Gasteiger partial charge in [0.25, 0.3) is 5.69 Å². The number of para-hydroxylation sites is 1. The first-order valence-electron chi connectivity index (χ1n) is 7.72. The molecule has 0 atom stereocenters. The van der Waals surface area contributed by atoms with E-state index in [1.165, 1.54) is 18.2 Å². The lowest BCUT2D eigenvalue weighted by Crippen LogP contribution is -2.31. The third-order valence-electron chi connectivity index (χ3n) is 3.55. The fourth-order valence-electron chi connectivity index (χ4n) is 2.24. The summed E-state index contributed by atoms with van der Waals surface area (Å²) in [5, 5.41) is 16.1. The van der Waals surface area contributed by atoms with E-state index in [2.05, 4.69) is 15.5 Å². The topological polar surface area (TPSA) is 87.5 Å². The van der Waals surface area contributed by atoms with Crippen molar-refractivity contribution in [3.8, 4) is 0 Å². The Kier molecular flexibility index (Phi) is 6.59. The molecule has 7 nitrogen and oxygen atoms in total. The number of carbonyl (C=O) groups is 1. The van der Waals surface area contributed by atoms with E-state index >= 15 is 0 Å². The van der Waals surface area contributed by atoms with Gasteiger partial charge in [0.15, 0.2) is 0 Å². The molecule has 132 valence electrons. The molecular weight excluding hydrogens is 344 g/mol. The van der Waals surface area contributed by atoms with Crippen molar-refractivity contribution in [3.63, 3.8) is 0 Å². The van der Waals surface area contributed by atoms with E-state index in [0.717, 1.165) is 18.7 Å². The molecule has 2 aromatic carbocycles. The first-order chi connectivity index (χ1) is 12.0. The first-order valence-corrected chi connectivity index (χ1v) is 8.10. The molecule has 0 aliphatic rings. The Hall–Kier alpha value is -2.80. The van der Waals surface area contributed by atoms with Gasteiger partial charge in [-0.1, -0.05) is 29.8 Å². The molecule has 2 N–H and O–H groups in total. The summed E-state index contributed by atoms with van der Waals surface area (Å²) < 4.78 is 0. The molecule has 0 aliphatic heterocycles. The Balaban J connectivity index is 1.76. The lowest BCUT2D eigenvalue weighted by atomic mass is 10.3. The van der Waals surface area contributed by atoms with Crippen LogP contribution < -0.4 is 15.5 Å². The number of nitrogens with zero attached hydrogens (tertiary/aromatic N) is 2. The Morgan fingerprint density at radius 3 is 2.64 bits per heavy atom. The van der Waals surface area contributed by atoms with E-state index in [-0.39, 0.29) is 10.7 Å². The first kappa shape index (κ1) is 18.5. The van der Waals surface area contributed by atoms with Crippen LogP contribution in [0, 0.1) is 10.1 Å². The molecule has 2 amide bonds. The van der Waals surface area contributed by atoms with Crippen molar-refractivity contribution < 1.29 is 9.72 Å². The predicted molar refractivity (Wildman–Crippen MR) is 99.5 cm³/mol. The maximum Gasteiger partial charge on any atom is 0.319 e. The Labute approximate surface area is 150 Å². The molecule has 0 radical (unpaired) electrons. The molecule has 25 heavy (non-hydrogen) atoms. The Bertz CT molecular complexity index is 740. The number of hydrogen-bond donors (Lipinski definition) is 2. The monoisotopic (exact) mass is 362 g/mol. The van der Waals surface area contributed by atoms with Crippen molar-refractivity contribution in [1.82, 2.24) is 5.32 Å². The third-order valence-corrected chi connectivity index (χ3v) is 3.87. The van der Waals surface area contributed by atoms with Gasteiger partial charge in [0.05, 0.1) is 4.92 Å². The number of nitro groups is 1. The SMILES string of the molecule is CN(CCCNC(=O)Nc1ccc(Cl)c([N+](=O)[O-])c1)c1ccccc1. The van der Waals surface area contributed by atoms with Crippen LogP contribution in [0.15, 0.2) is 48.5 Å². The Morgan fingerprint density at radius 1 is 1.24 bits per heavy atom. The molecule has 8 heteroatoms. The second kappa shape index (κ2) is 8.89. The van der Waals surface area contributed by atoms with E-state index in [1.54, 1.807) is 0 Å². The highest BCUT2D eigenvalue weighted by Gasteiger charge is 2.13. The molecule has 0 saturated heterocycles. The summed E-state index contributed by atoms with van der Waals surface area (Å²) in [5.41, 5.74) is 1.18. The van der Waals surface area contributed by atoms with Gasteiger partial charge in [-0.3, -0.25) is 10.1 Å². The lowest BCUT2D eigenvalue weighted by Gasteiger charge is -2.19. The maximum absolute atomic E-state index is 11.9. The quantitative estimate of drug-likeness (QED) is 0.444. The van der Waals surface area contributed by atoms with Crippen molar-refractivity contribution in [2.75, 3.05) is 30.4 Å². The van der Waals surface area contributed by atoms with Gasteiger partial charge >= 0.3 is 6.03 Å². The van der Waals surface area contributed by atoms with Crippen LogP contribution in [0.3, 0.4) is 0 Å². The number of benzene rings is 2. The molecule has 0 spiro atoms. The number of halogens is 1.